The van der Waals surface area contributed by atoms with Crippen molar-refractivity contribution in [2.75, 3.05) is 0 Å². The number of aromatic nitrogens is 1. The lowest BCUT2D eigenvalue weighted by Gasteiger charge is -2.23. The highest BCUT2D eigenvalue weighted by Gasteiger charge is 2.38. The number of amides is 2. The Balaban J connectivity index is 1.35. The standard InChI is InChI=1S/C40H30FN3O5/c41-30-18-16-25(17-19-30)23-44-24-32-33(38(45)43-22-26-9-7-14-29(21-26)40(47)48)31-15-8-20-42-35(31)37(34(32)39(44)46)49-36(27-10-3-1-4-11-27)28-12-5-2-6-13-28/h1-21,36H,22-24H2,(H,43,45)(H,47,48). The Labute approximate surface area is 281 Å². The second-order valence-electron chi connectivity index (χ2n) is 11.8. The molecule has 5 aromatic carbocycles. The largest absolute Gasteiger partial charge is 0.478 e. The number of fused-ring (bicyclic) bond motifs is 2. The molecule has 0 aliphatic carbocycles. The summed E-state index contributed by atoms with van der Waals surface area (Å²) in [5.74, 6) is -1.97. The summed E-state index contributed by atoms with van der Waals surface area (Å²) in [6, 6.07) is 35.1. The van der Waals surface area contributed by atoms with E-state index in [1.54, 1.807) is 47.5 Å². The molecule has 0 atom stereocenters. The second-order valence-corrected chi connectivity index (χ2v) is 11.8. The van der Waals surface area contributed by atoms with Crippen molar-refractivity contribution >= 4 is 28.7 Å². The Bertz CT molecular complexity index is 2150. The van der Waals surface area contributed by atoms with Gasteiger partial charge in [-0.15, -0.1) is 0 Å². The number of carbonyl (C=O) groups excluding carboxylic acids is 2. The van der Waals surface area contributed by atoms with Crippen molar-refractivity contribution in [1.29, 1.82) is 0 Å². The zero-order valence-electron chi connectivity index (χ0n) is 26.2. The van der Waals surface area contributed by atoms with Crippen LogP contribution in [0.2, 0.25) is 0 Å². The number of benzene rings is 5. The van der Waals surface area contributed by atoms with Crippen molar-refractivity contribution in [3.63, 3.8) is 0 Å². The molecule has 0 radical (unpaired) electrons. The SMILES string of the molecule is O=C(O)c1cccc(CNC(=O)c2c3c(c(OC(c4ccccc4)c4ccccc4)c4ncccc24)C(=O)N(Cc2ccc(F)cc2)C3)c1. The topological polar surface area (TPSA) is 109 Å². The third-order valence-electron chi connectivity index (χ3n) is 8.55. The van der Waals surface area contributed by atoms with Crippen molar-refractivity contribution in [1.82, 2.24) is 15.2 Å². The van der Waals surface area contributed by atoms with Gasteiger partial charge in [0.1, 0.15) is 17.4 Å². The van der Waals surface area contributed by atoms with Crippen molar-refractivity contribution < 1.29 is 28.6 Å². The number of hydrogen-bond acceptors (Lipinski definition) is 5. The molecule has 7 rings (SSSR count). The average Bonchev–Trinajstić information content (AvgIpc) is 3.45. The maximum Gasteiger partial charge on any atom is 0.335 e. The Morgan fingerprint density at radius 3 is 2.22 bits per heavy atom. The van der Waals surface area contributed by atoms with Gasteiger partial charge in [0.25, 0.3) is 11.8 Å². The summed E-state index contributed by atoms with van der Waals surface area (Å²) in [4.78, 5) is 46.3. The number of halogens is 1. The van der Waals surface area contributed by atoms with E-state index in [0.29, 0.717) is 22.0 Å². The first kappa shape index (κ1) is 31.3. The van der Waals surface area contributed by atoms with Crippen LogP contribution in [-0.4, -0.2) is 32.8 Å². The van der Waals surface area contributed by atoms with Crippen LogP contribution < -0.4 is 10.1 Å². The number of hydrogen-bond donors (Lipinski definition) is 2. The Kier molecular flexibility index (Phi) is 8.55. The predicted molar refractivity (Wildman–Crippen MR) is 182 cm³/mol. The number of carbonyl (C=O) groups is 3. The molecule has 2 amide bonds. The highest BCUT2D eigenvalue weighted by atomic mass is 19.1. The van der Waals surface area contributed by atoms with E-state index < -0.39 is 18.0 Å². The van der Waals surface area contributed by atoms with E-state index in [0.717, 1.165) is 16.7 Å². The third-order valence-corrected chi connectivity index (χ3v) is 8.55. The van der Waals surface area contributed by atoms with Gasteiger partial charge in [0.05, 0.1) is 16.7 Å². The van der Waals surface area contributed by atoms with E-state index in [4.69, 9.17) is 4.74 Å². The minimum atomic E-state index is -1.07. The molecular formula is C40H30FN3O5. The van der Waals surface area contributed by atoms with E-state index >= 15 is 0 Å². The van der Waals surface area contributed by atoms with E-state index in [9.17, 15) is 23.9 Å². The first-order valence-electron chi connectivity index (χ1n) is 15.7. The quantitative estimate of drug-likeness (QED) is 0.161. The summed E-state index contributed by atoms with van der Waals surface area (Å²) in [7, 11) is 0. The smallest absolute Gasteiger partial charge is 0.335 e. The molecular weight excluding hydrogens is 621 g/mol. The van der Waals surface area contributed by atoms with Gasteiger partial charge in [-0.2, -0.15) is 0 Å². The molecule has 0 spiro atoms. The number of ether oxygens (including phenoxy) is 1. The molecule has 2 heterocycles. The van der Waals surface area contributed by atoms with Gasteiger partial charge in [0.15, 0.2) is 5.75 Å². The van der Waals surface area contributed by atoms with Gasteiger partial charge in [0, 0.05) is 36.8 Å². The summed E-state index contributed by atoms with van der Waals surface area (Å²) >= 11 is 0. The molecule has 0 bridgehead atoms. The number of aromatic carboxylic acids is 1. The first-order valence-corrected chi connectivity index (χ1v) is 15.7. The number of rotatable bonds is 10. The van der Waals surface area contributed by atoms with Gasteiger partial charge in [-0.1, -0.05) is 91.0 Å². The van der Waals surface area contributed by atoms with Crippen LogP contribution in [0.4, 0.5) is 4.39 Å². The molecule has 1 aliphatic rings. The van der Waals surface area contributed by atoms with Gasteiger partial charge in [-0.05, 0) is 52.6 Å². The molecule has 6 aromatic rings. The number of carboxylic acid groups (broad SMARTS) is 1. The van der Waals surface area contributed by atoms with E-state index in [2.05, 4.69) is 10.3 Å². The third kappa shape index (κ3) is 6.34. The molecule has 49 heavy (non-hydrogen) atoms. The zero-order chi connectivity index (χ0) is 33.9. The normalized spacial score (nSPS) is 12.3. The first-order chi connectivity index (χ1) is 23.9. The fraction of sp³-hybridized carbons (Fsp3) is 0.100. The molecule has 242 valence electrons. The maximum absolute atomic E-state index is 14.4. The molecule has 9 heteroatoms. The molecule has 2 N–H and O–H groups in total. The summed E-state index contributed by atoms with van der Waals surface area (Å²) in [5.41, 5.74) is 4.54. The van der Waals surface area contributed by atoms with Crippen molar-refractivity contribution in [3.8, 4) is 5.75 Å². The number of nitrogens with one attached hydrogen (secondary N) is 1. The van der Waals surface area contributed by atoms with Gasteiger partial charge in [-0.25, -0.2) is 9.18 Å². The summed E-state index contributed by atoms with van der Waals surface area (Å²) < 4.78 is 20.6. The van der Waals surface area contributed by atoms with Gasteiger partial charge in [-0.3, -0.25) is 14.6 Å². The minimum Gasteiger partial charge on any atom is -0.478 e. The Morgan fingerprint density at radius 2 is 1.55 bits per heavy atom. The fourth-order valence-electron chi connectivity index (χ4n) is 6.24. The second kappa shape index (κ2) is 13.4. The molecule has 0 fully saturated rings. The summed E-state index contributed by atoms with van der Waals surface area (Å²) in [6.45, 7) is 0.345. The monoisotopic (exact) mass is 651 g/mol. The predicted octanol–water partition coefficient (Wildman–Crippen LogP) is 7.33. The van der Waals surface area contributed by atoms with Crippen molar-refractivity contribution in [3.05, 3.63) is 178 Å². The molecule has 0 unspecified atom stereocenters. The van der Waals surface area contributed by atoms with Crippen LogP contribution in [-0.2, 0) is 19.6 Å². The summed E-state index contributed by atoms with van der Waals surface area (Å²) in [6.07, 6.45) is 0.994. The Hall–Kier alpha value is -6.35. The van der Waals surface area contributed by atoms with Crippen LogP contribution >= 0.6 is 0 Å². The summed E-state index contributed by atoms with van der Waals surface area (Å²) in [5, 5.41) is 12.9. The lowest BCUT2D eigenvalue weighted by atomic mass is 9.95. The molecule has 0 saturated heterocycles. The lowest BCUT2D eigenvalue weighted by molar-refractivity contribution is 0.0695. The van der Waals surface area contributed by atoms with Crippen LogP contribution in [0.1, 0.15) is 65.0 Å². The maximum atomic E-state index is 14.4. The van der Waals surface area contributed by atoms with E-state index in [1.807, 2.05) is 60.7 Å². The van der Waals surface area contributed by atoms with Crippen LogP contribution in [0.3, 0.4) is 0 Å². The highest BCUT2D eigenvalue weighted by Crippen LogP contribution is 2.43. The highest BCUT2D eigenvalue weighted by molar-refractivity contribution is 6.16. The average molecular weight is 652 g/mol. The molecule has 8 nitrogen and oxygen atoms in total. The molecule has 0 saturated carbocycles. The van der Waals surface area contributed by atoms with Gasteiger partial charge < -0.3 is 20.1 Å². The number of pyridine rings is 1. The van der Waals surface area contributed by atoms with Crippen LogP contribution in [0.15, 0.2) is 128 Å². The fourth-order valence-corrected chi connectivity index (χ4v) is 6.24. The number of carboxylic acids is 1. The molecule has 1 aromatic heterocycles. The zero-order valence-corrected chi connectivity index (χ0v) is 26.2. The van der Waals surface area contributed by atoms with Crippen molar-refractivity contribution in [2.45, 2.75) is 25.7 Å². The van der Waals surface area contributed by atoms with Crippen LogP contribution in [0, 0.1) is 5.82 Å². The Morgan fingerprint density at radius 1 is 0.857 bits per heavy atom. The van der Waals surface area contributed by atoms with Gasteiger partial charge in [0.2, 0.25) is 0 Å². The molecule has 1 aliphatic heterocycles. The van der Waals surface area contributed by atoms with Crippen LogP contribution in [0.5, 0.6) is 5.75 Å². The van der Waals surface area contributed by atoms with Gasteiger partial charge >= 0.3 is 5.97 Å². The minimum absolute atomic E-state index is 0.0616. The van der Waals surface area contributed by atoms with E-state index in [1.165, 1.54) is 24.3 Å². The van der Waals surface area contributed by atoms with Crippen LogP contribution in [0.25, 0.3) is 10.9 Å². The van der Waals surface area contributed by atoms with E-state index in [-0.39, 0.29) is 53.8 Å². The lowest BCUT2D eigenvalue weighted by Crippen LogP contribution is -2.25. The number of nitrogens with zero attached hydrogens (tertiary/aromatic N) is 2. The van der Waals surface area contributed by atoms with Crippen molar-refractivity contribution in [2.24, 2.45) is 0 Å².